The molecule has 0 saturated heterocycles. The van der Waals surface area contributed by atoms with Crippen molar-refractivity contribution in [1.82, 2.24) is 9.97 Å². The smallest absolute Gasteiger partial charge is 0.260 e. The number of nitrogens with one attached hydrogen (secondary N) is 1. The number of para-hydroxylation sites is 1. The minimum absolute atomic E-state index is 0.0296. The van der Waals surface area contributed by atoms with Gasteiger partial charge in [0.25, 0.3) is 5.56 Å². The predicted octanol–water partition coefficient (Wildman–Crippen LogP) is 5.06. The number of nitrogens with zero attached hydrogens (tertiary/aromatic N) is 1. The van der Waals surface area contributed by atoms with Gasteiger partial charge in [0.15, 0.2) is 5.16 Å². The third-order valence-corrected chi connectivity index (χ3v) is 7.04. The van der Waals surface area contributed by atoms with Crippen molar-refractivity contribution in [2.45, 2.75) is 44.2 Å². The minimum Gasteiger partial charge on any atom is -0.494 e. The summed E-state index contributed by atoms with van der Waals surface area (Å²) in [5.74, 6) is 2.54. The van der Waals surface area contributed by atoms with E-state index in [2.05, 4.69) is 11.9 Å². The predicted molar refractivity (Wildman–Crippen MR) is 113 cm³/mol. The van der Waals surface area contributed by atoms with Crippen molar-refractivity contribution in [2.75, 3.05) is 12.4 Å². The standard InChI is InChI=1S/C21H24N2O2S2/c1-14-9-10-16-17(13-14)27-20-18(16)19(24)22-21(23-20)26-12-6-5-11-25-15-7-3-2-4-8-15/h2-4,7-8,14H,5-6,9-13H2,1H3,(H,22,23,24)/t14-/m0/s1. The van der Waals surface area contributed by atoms with Crippen LogP contribution in [-0.2, 0) is 12.8 Å². The maximum atomic E-state index is 12.6. The quantitative estimate of drug-likeness (QED) is 0.342. The van der Waals surface area contributed by atoms with E-state index in [0.717, 1.165) is 52.6 Å². The molecule has 1 aliphatic carbocycles. The van der Waals surface area contributed by atoms with Crippen LogP contribution >= 0.6 is 23.1 Å². The first kappa shape index (κ1) is 18.6. The fourth-order valence-corrected chi connectivity index (χ4v) is 5.78. The summed E-state index contributed by atoms with van der Waals surface area (Å²) in [6.07, 6.45) is 5.27. The zero-order valence-corrected chi connectivity index (χ0v) is 17.1. The van der Waals surface area contributed by atoms with Crippen molar-refractivity contribution in [3.63, 3.8) is 0 Å². The van der Waals surface area contributed by atoms with Gasteiger partial charge < -0.3 is 9.72 Å². The molecule has 0 aliphatic heterocycles. The average molecular weight is 401 g/mol. The van der Waals surface area contributed by atoms with Crippen LogP contribution in [0.4, 0.5) is 0 Å². The monoisotopic (exact) mass is 400 g/mol. The second-order valence-corrected chi connectivity index (χ2v) is 9.29. The zero-order valence-electron chi connectivity index (χ0n) is 15.5. The Morgan fingerprint density at radius 2 is 2.15 bits per heavy atom. The van der Waals surface area contributed by atoms with E-state index >= 15 is 0 Å². The Kier molecular flexibility index (Phi) is 5.83. The summed E-state index contributed by atoms with van der Waals surface area (Å²) in [6, 6.07) is 9.89. The summed E-state index contributed by atoms with van der Waals surface area (Å²) in [5, 5.41) is 1.57. The summed E-state index contributed by atoms with van der Waals surface area (Å²) in [7, 11) is 0. The summed E-state index contributed by atoms with van der Waals surface area (Å²) in [6.45, 7) is 3.00. The van der Waals surface area contributed by atoms with Crippen LogP contribution in [0, 0.1) is 5.92 Å². The van der Waals surface area contributed by atoms with E-state index in [1.807, 2.05) is 30.3 Å². The van der Waals surface area contributed by atoms with E-state index in [0.29, 0.717) is 12.5 Å². The number of rotatable bonds is 7. The van der Waals surface area contributed by atoms with Crippen LogP contribution in [0.5, 0.6) is 5.75 Å². The molecule has 0 spiro atoms. The highest BCUT2D eigenvalue weighted by atomic mass is 32.2. The largest absolute Gasteiger partial charge is 0.494 e. The number of hydrogen-bond acceptors (Lipinski definition) is 5. The van der Waals surface area contributed by atoms with Gasteiger partial charge in [0.2, 0.25) is 0 Å². The van der Waals surface area contributed by atoms with Crippen LogP contribution in [0.15, 0.2) is 40.3 Å². The number of aromatic amines is 1. The Morgan fingerprint density at radius 3 is 3.00 bits per heavy atom. The normalized spacial score (nSPS) is 16.4. The number of fused-ring (bicyclic) bond motifs is 3. The van der Waals surface area contributed by atoms with Gasteiger partial charge in [-0.25, -0.2) is 4.98 Å². The van der Waals surface area contributed by atoms with Gasteiger partial charge in [-0.3, -0.25) is 4.79 Å². The van der Waals surface area contributed by atoms with Crippen LogP contribution in [0.2, 0.25) is 0 Å². The number of hydrogen-bond donors (Lipinski definition) is 1. The van der Waals surface area contributed by atoms with E-state index in [9.17, 15) is 4.79 Å². The van der Waals surface area contributed by atoms with Crippen molar-refractivity contribution >= 4 is 33.3 Å². The highest BCUT2D eigenvalue weighted by Gasteiger charge is 2.22. The molecule has 0 saturated carbocycles. The number of thiophene rings is 1. The molecule has 3 aromatic rings. The maximum Gasteiger partial charge on any atom is 0.260 e. The molecule has 4 nitrogen and oxygen atoms in total. The van der Waals surface area contributed by atoms with Crippen LogP contribution in [0.25, 0.3) is 10.2 Å². The van der Waals surface area contributed by atoms with Gasteiger partial charge in [-0.2, -0.15) is 0 Å². The fraction of sp³-hybridized carbons (Fsp3) is 0.429. The highest BCUT2D eigenvalue weighted by Crippen LogP contribution is 2.36. The average Bonchev–Trinajstić information content (AvgIpc) is 3.03. The summed E-state index contributed by atoms with van der Waals surface area (Å²) >= 11 is 3.34. The third kappa shape index (κ3) is 4.38. The molecule has 0 radical (unpaired) electrons. The maximum absolute atomic E-state index is 12.6. The Morgan fingerprint density at radius 1 is 1.30 bits per heavy atom. The molecule has 1 aliphatic rings. The molecule has 4 rings (SSSR count). The van der Waals surface area contributed by atoms with Gasteiger partial charge in [0, 0.05) is 10.6 Å². The van der Waals surface area contributed by atoms with Gasteiger partial charge in [-0.1, -0.05) is 36.9 Å². The molecule has 1 N–H and O–H groups in total. The molecule has 2 heterocycles. The molecule has 0 fully saturated rings. The van der Waals surface area contributed by atoms with Gasteiger partial charge in [-0.15, -0.1) is 11.3 Å². The Hall–Kier alpha value is -1.79. The van der Waals surface area contributed by atoms with Gasteiger partial charge in [0.1, 0.15) is 10.6 Å². The molecular weight excluding hydrogens is 376 g/mol. The first-order valence-electron chi connectivity index (χ1n) is 9.56. The summed E-state index contributed by atoms with van der Waals surface area (Å²) in [4.78, 5) is 22.6. The van der Waals surface area contributed by atoms with Crippen molar-refractivity contribution < 1.29 is 4.74 Å². The van der Waals surface area contributed by atoms with Crippen LogP contribution in [0.1, 0.15) is 36.6 Å². The number of ether oxygens (including phenoxy) is 1. The number of aromatic nitrogens is 2. The summed E-state index contributed by atoms with van der Waals surface area (Å²) < 4.78 is 5.71. The van der Waals surface area contributed by atoms with E-state index in [4.69, 9.17) is 9.72 Å². The second kappa shape index (κ2) is 8.48. The summed E-state index contributed by atoms with van der Waals surface area (Å²) in [5.41, 5.74) is 1.28. The lowest BCUT2D eigenvalue weighted by molar-refractivity contribution is 0.310. The Balaban J connectivity index is 1.32. The molecule has 0 amide bonds. The van der Waals surface area contributed by atoms with Crippen molar-refractivity contribution in [3.8, 4) is 5.75 Å². The molecule has 0 bridgehead atoms. The molecular formula is C21H24N2O2S2. The number of H-pyrrole nitrogens is 1. The molecule has 6 heteroatoms. The molecule has 142 valence electrons. The highest BCUT2D eigenvalue weighted by molar-refractivity contribution is 7.99. The molecule has 1 aromatic carbocycles. The lowest BCUT2D eigenvalue weighted by atomic mass is 9.89. The van der Waals surface area contributed by atoms with Crippen molar-refractivity contribution in [3.05, 3.63) is 51.1 Å². The first-order valence-corrected chi connectivity index (χ1v) is 11.4. The van der Waals surface area contributed by atoms with E-state index < -0.39 is 0 Å². The Labute approximate surface area is 167 Å². The third-order valence-electron chi connectivity index (χ3n) is 4.93. The minimum atomic E-state index is 0.0296. The van der Waals surface area contributed by atoms with Crippen LogP contribution < -0.4 is 10.3 Å². The van der Waals surface area contributed by atoms with E-state index in [1.165, 1.54) is 16.9 Å². The lowest BCUT2D eigenvalue weighted by Gasteiger charge is -2.17. The number of thioether (sulfide) groups is 1. The van der Waals surface area contributed by atoms with Gasteiger partial charge in [-0.05, 0) is 55.7 Å². The van der Waals surface area contributed by atoms with Crippen molar-refractivity contribution in [1.29, 1.82) is 0 Å². The SMILES string of the molecule is C[C@H]1CCc2c(sc3nc(SCCCCOc4ccccc4)[nH]c(=O)c23)C1. The topological polar surface area (TPSA) is 55.0 Å². The molecule has 1 atom stereocenters. The van der Waals surface area contributed by atoms with Gasteiger partial charge >= 0.3 is 0 Å². The second-order valence-electron chi connectivity index (χ2n) is 7.12. The molecule has 0 unspecified atom stereocenters. The van der Waals surface area contributed by atoms with E-state index in [1.54, 1.807) is 23.1 Å². The molecule has 2 aromatic heterocycles. The number of benzene rings is 1. The van der Waals surface area contributed by atoms with Crippen molar-refractivity contribution in [2.24, 2.45) is 5.92 Å². The van der Waals surface area contributed by atoms with Crippen LogP contribution in [-0.4, -0.2) is 22.3 Å². The first-order chi connectivity index (χ1) is 13.2. The van der Waals surface area contributed by atoms with E-state index in [-0.39, 0.29) is 5.56 Å². The van der Waals surface area contributed by atoms with Crippen LogP contribution in [0.3, 0.4) is 0 Å². The zero-order chi connectivity index (χ0) is 18.6. The Bertz CT molecular complexity index is 965. The number of aryl methyl sites for hydroxylation is 1. The fourth-order valence-electron chi connectivity index (χ4n) is 3.48. The lowest BCUT2D eigenvalue weighted by Crippen LogP contribution is -2.13. The molecule has 27 heavy (non-hydrogen) atoms. The number of unbranched alkanes of at least 4 members (excludes halogenated alkanes) is 1. The van der Waals surface area contributed by atoms with Gasteiger partial charge in [0.05, 0.1) is 12.0 Å².